The average Bonchev–Trinajstić information content (AvgIpc) is 2.82. The van der Waals surface area contributed by atoms with Crippen molar-refractivity contribution in [3.05, 3.63) is 65.9 Å². The summed E-state index contributed by atoms with van der Waals surface area (Å²) in [6.45, 7) is 0. The van der Waals surface area contributed by atoms with Crippen LogP contribution in [-0.4, -0.2) is 15.8 Å². The molecule has 0 unspecified atom stereocenters. The highest BCUT2D eigenvalue weighted by atomic mass is 32.2. The molecule has 0 amide bonds. The van der Waals surface area contributed by atoms with Gasteiger partial charge in [-0.25, -0.2) is 4.98 Å². The van der Waals surface area contributed by atoms with Crippen LogP contribution in [0.5, 0.6) is 0 Å². The van der Waals surface area contributed by atoms with Gasteiger partial charge in [0, 0.05) is 11.4 Å². The summed E-state index contributed by atoms with van der Waals surface area (Å²) in [6, 6.07) is 18.9. The van der Waals surface area contributed by atoms with Crippen LogP contribution >= 0.6 is 11.8 Å². The first-order valence-electron chi connectivity index (χ1n) is 7.43. The average molecular weight is 307 g/mol. The zero-order valence-corrected chi connectivity index (χ0v) is 13.2. The molecular formula is C18H17N3S. The summed E-state index contributed by atoms with van der Waals surface area (Å²) in [4.78, 5) is 4.85. The number of fused-ring (bicyclic) bond motifs is 2. The highest BCUT2D eigenvalue weighted by Gasteiger charge is 2.21. The lowest BCUT2D eigenvalue weighted by Crippen LogP contribution is -2.02. The van der Waals surface area contributed by atoms with Crippen molar-refractivity contribution in [3.63, 3.8) is 0 Å². The molecule has 1 aromatic heterocycles. The first kappa shape index (κ1) is 13.5. The van der Waals surface area contributed by atoms with Crippen molar-refractivity contribution in [2.45, 2.75) is 18.0 Å². The lowest BCUT2D eigenvalue weighted by Gasteiger charge is -2.13. The Kier molecular flexibility index (Phi) is 3.39. The summed E-state index contributed by atoms with van der Waals surface area (Å²) in [7, 11) is 0. The monoisotopic (exact) mass is 307 g/mol. The fourth-order valence-corrected chi connectivity index (χ4v) is 3.52. The summed E-state index contributed by atoms with van der Waals surface area (Å²) in [6.07, 6.45) is 4.07. The number of para-hydroxylation sites is 2. The molecule has 2 aromatic carbocycles. The van der Waals surface area contributed by atoms with Crippen LogP contribution < -0.4 is 5.32 Å². The van der Waals surface area contributed by atoms with E-state index in [1.165, 1.54) is 11.3 Å². The maximum atomic E-state index is 4.85. The molecule has 0 saturated carbocycles. The third-order valence-corrected chi connectivity index (χ3v) is 4.66. The Balaban J connectivity index is 1.89. The summed E-state index contributed by atoms with van der Waals surface area (Å²) in [5.74, 6) is 1.10. The van der Waals surface area contributed by atoms with Gasteiger partial charge in [-0.1, -0.05) is 48.2 Å². The highest BCUT2D eigenvalue weighted by Crippen LogP contribution is 2.34. The van der Waals surface area contributed by atoms with Gasteiger partial charge in [-0.15, -0.1) is 0 Å². The molecule has 4 heteroatoms. The van der Waals surface area contributed by atoms with Gasteiger partial charge in [-0.2, -0.15) is 0 Å². The number of thioether (sulfide) groups is 1. The molecule has 22 heavy (non-hydrogen) atoms. The van der Waals surface area contributed by atoms with Gasteiger partial charge in [-0.3, -0.25) is 4.57 Å². The first-order chi connectivity index (χ1) is 10.9. The number of anilines is 2. The predicted molar refractivity (Wildman–Crippen MR) is 92.5 cm³/mol. The second-order valence-corrected chi connectivity index (χ2v) is 6.12. The van der Waals surface area contributed by atoms with Gasteiger partial charge in [0.15, 0.2) is 5.16 Å². The second kappa shape index (κ2) is 5.54. The minimum absolute atomic E-state index is 0.965. The van der Waals surface area contributed by atoms with Gasteiger partial charge < -0.3 is 5.32 Å². The lowest BCUT2D eigenvalue weighted by atomic mass is 10.1. The number of benzene rings is 2. The van der Waals surface area contributed by atoms with E-state index in [-0.39, 0.29) is 0 Å². The molecule has 0 fully saturated rings. The minimum atomic E-state index is 0.965. The van der Waals surface area contributed by atoms with Crippen molar-refractivity contribution >= 4 is 23.3 Å². The van der Waals surface area contributed by atoms with Gasteiger partial charge in [0.1, 0.15) is 5.82 Å². The quantitative estimate of drug-likeness (QED) is 0.710. The number of hydrogen-bond donors (Lipinski definition) is 1. The number of hydrogen-bond acceptors (Lipinski definition) is 3. The van der Waals surface area contributed by atoms with Gasteiger partial charge in [0.25, 0.3) is 0 Å². The van der Waals surface area contributed by atoms with Crippen molar-refractivity contribution in [1.82, 2.24) is 9.55 Å². The molecule has 2 heterocycles. The third-order valence-electron chi connectivity index (χ3n) is 4.02. The number of aryl methyl sites for hydroxylation is 2. The molecule has 0 atom stereocenters. The molecule has 0 saturated heterocycles. The largest absolute Gasteiger partial charge is 0.340 e. The van der Waals surface area contributed by atoms with Crippen molar-refractivity contribution in [1.29, 1.82) is 0 Å². The van der Waals surface area contributed by atoms with Crippen molar-refractivity contribution in [2.75, 3.05) is 11.6 Å². The minimum Gasteiger partial charge on any atom is -0.340 e. The summed E-state index contributed by atoms with van der Waals surface area (Å²) in [5.41, 5.74) is 4.83. The van der Waals surface area contributed by atoms with Crippen molar-refractivity contribution in [3.8, 4) is 5.69 Å². The number of aromatic nitrogens is 2. The summed E-state index contributed by atoms with van der Waals surface area (Å²) >= 11 is 1.68. The van der Waals surface area contributed by atoms with Gasteiger partial charge >= 0.3 is 0 Å². The van der Waals surface area contributed by atoms with Crippen LogP contribution in [0.15, 0.2) is 59.8 Å². The number of nitrogens with zero attached hydrogens (tertiary/aromatic N) is 2. The number of rotatable bonds is 2. The maximum Gasteiger partial charge on any atom is 0.174 e. The highest BCUT2D eigenvalue weighted by molar-refractivity contribution is 7.98. The van der Waals surface area contributed by atoms with Crippen LogP contribution in [-0.2, 0) is 12.8 Å². The van der Waals surface area contributed by atoms with E-state index in [0.29, 0.717) is 0 Å². The topological polar surface area (TPSA) is 29.9 Å². The van der Waals surface area contributed by atoms with Crippen LogP contribution in [0.3, 0.4) is 0 Å². The van der Waals surface area contributed by atoms with E-state index < -0.39 is 0 Å². The predicted octanol–water partition coefficient (Wildman–Crippen LogP) is 4.44. The normalized spacial score (nSPS) is 13.0. The molecule has 3 nitrogen and oxygen atoms in total. The van der Waals surface area contributed by atoms with E-state index in [1.807, 2.05) is 6.07 Å². The van der Waals surface area contributed by atoms with Crippen molar-refractivity contribution in [2.24, 2.45) is 0 Å². The Morgan fingerprint density at radius 2 is 1.77 bits per heavy atom. The molecule has 3 aromatic rings. The molecule has 0 bridgehead atoms. The van der Waals surface area contributed by atoms with Crippen molar-refractivity contribution < 1.29 is 0 Å². The first-order valence-corrected chi connectivity index (χ1v) is 8.65. The zero-order valence-electron chi connectivity index (χ0n) is 12.4. The van der Waals surface area contributed by atoms with E-state index in [2.05, 4.69) is 64.7 Å². The molecule has 1 aliphatic heterocycles. The standard InChI is InChI=1S/C18H17N3S/c1-22-18-20-16-12-11-13-7-5-6-10-15(13)19-17(16)21(18)14-8-3-2-4-9-14/h2-10,19H,11-12H2,1H3. The molecular weight excluding hydrogens is 290 g/mol. The third kappa shape index (κ3) is 2.20. The van der Waals surface area contributed by atoms with Crippen LogP contribution in [0.4, 0.5) is 11.5 Å². The van der Waals surface area contributed by atoms with Gasteiger partial charge in [-0.05, 0) is 42.9 Å². The van der Waals surface area contributed by atoms with Crippen LogP contribution in [0.2, 0.25) is 0 Å². The second-order valence-electron chi connectivity index (χ2n) is 5.35. The fraction of sp³-hybridized carbons (Fsp3) is 0.167. The van der Waals surface area contributed by atoms with Crippen LogP contribution in [0.25, 0.3) is 5.69 Å². The zero-order chi connectivity index (χ0) is 14.9. The number of nitrogens with one attached hydrogen (secondary N) is 1. The maximum absolute atomic E-state index is 4.85. The van der Waals surface area contributed by atoms with E-state index in [9.17, 15) is 0 Å². The van der Waals surface area contributed by atoms with E-state index in [1.54, 1.807) is 11.8 Å². The Labute approximate surface area is 134 Å². The molecule has 4 rings (SSSR count). The molecule has 1 aliphatic rings. The molecule has 110 valence electrons. The Morgan fingerprint density at radius 1 is 1.00 bits per heavy atom. The molecule has 1 N–H and O–H groups in total. The smallest absolute Gasteiger partial charge is 0.174 e. The Morgan fingerprint density at radius 3 is 2.59 bits per heavy atom. The molecule has 0 spiro atoms. The Bertz CT molecular complexity index is 808. The van der Waals surface area contributed by atoms with E-state index >= 15 is 0 Å². The van der Waals surface area contributed by atoms with Crippen LogP contribution in [0, 0.1) is 0 Å². The lowest BCUT2D eigenvalue weighted by molar-refractivity contribution is 0.879. The summed E-state index contributed by atoms with van der Waals surface area (Å²) in [5, 5.41) is 4.64. The summed E-state index contributed by atoms with van der Waals surface area (Å²) < 4.78 is 2.22. The molecule has 0 aliphatic carbocycles. The van der Waals surface area contributed by atoms with Crippen LogP contribution in [0.1, 0.15) is 11.3 Å². The van der Waals surface area contributed by atoms with Gasteiger partial charge in [0.2, 0.25) is 0 Å². The van der Waals surface area contributed by atoms with E-state index in [0.717, 1.165) is 35.2 Å². The SMILES string of the molecule is CSc1nc2c(n1-c1ccccc1)Nc1ccccc1CC2. The van der Waals surface area contributed by atoms with Gasteiger partial charge in [0.05, 0.1) is 5.69 Å². The number of imidazole rings is 1. The van der Waals surface area contributed by atoms with E-state index in [4.69, 9.17) is 4.98 Å². The fourth-order valence-electron chi connectivity index (χ4n) is 2.94. The molecule has 0 radical (unpaired) electrons. The Hall–Kier alpha value is -2.20.